The number of aryl methyl sites for hydroxylation is 1. The Morgan fingerprint density at radius 1 is 1.53 bits per heavy atom. The van der Waals surface area contributed by atoms with Crippen LogP contribution >= 0.6 is 31.9 Å². The molecule has 0 aliphatic heterocycles. The molecule has 1 amide bonds. The first-order valence-electron chi connectivity index (χ1n) is 5.76. The van der Waals surface area contributed by atoms with Crippen LogP contribution < -0.4 is 5.32 Å². The van der Waals surface area contributed by atoms with Gasteiger partial charge in [0, 0.05) is 15.8 Å². The van der Waals surface area contributed by atoms with Crippen LogP contribution in [0.3, 0.4) is 0 Å². The molecule has 0 bridgehead atoms. The van der Waals surface area contributed by atoms with Crippen molar-refractivity contribution in [3.05, 3.63) is 33.8 Å². The summed E-state index contributed by atoms with van der Waals surface area (Å²) in [5.41, 5.74) is 1.80. The molecule has 1 aromatic rings. The van der Waals surface area contributed by atoms with E-state index in [9.17, 15) is 4.79 Å². The van der Waals surface area contributed by atoms with E-state index < -0.39 is 0 Å². The monoisotopic (exact) mass is 359 g/mol. The average molecular weight is 361 g/mol. The Morgan fingerprint density at radius 3 is 2.88 bits per heavy atom. The van der Waals surface area contributed by atoms with Gasteiger partial charge in [-0.15, -0.1) is 0 Å². The maximum atomic E-state index is 12.0. The largest absolute Gasteiger partial charge is 0.351 e. The third-order valence-corrected chi connectivity index (χ3v) is 4.72. The van der Waals surface area contributed by atoms with Crippen LogP contribution in [-0.2, 0) is 0 Å². The highest BCUT2D eigenvalue weighted by molar-refractivity contribution is 9.10. The van der Waals surface area contributed by atoms with Crippen molar-refractivity contribution < 1.29 is 4.79 Å². The Labute approximate surface area is 118 Å². The number of nitrogens with one attached hydrogen (secondary N) is 1. The minimum atomic E-state index is -0.00863. The first-order chi connectivity index (χ1) is 8.08. The van der Waals surface area contributed by atoms with Gasteiger partial charge in [-0.2, -0.15) is 0 Å². The summed E-state index contributed by atoms with van der Waals surface area (Å²) < 4.78 is 0.846. The van der Waals surface area contributed by atoms with Gasteiger partial charge in [-0.1, -0.05) is 27.6 Å². The summed E-state index contributed by atoms with van der Waals surface area (Å²) in [5.74, 6) is 0.738. The third kappa shape index (κ3) is 3.55. The van der Waals surface area contributed by atoms with E-state index in [1.165, 1.54) is 12.8 Å². The fourth-order valence-electron chi connectivity index (χ4n) is 1.72. The summed E-state index contributed by atoms with van der Waals surface area (Å²) in [4.78, 5) is 12.4. The molecule has 1 saturated carbocycles. The lowest BCUT2D eigenvalue weighted by Gasteiger charge is -2.11. The van der Waals surface area contributed by atoms with Crippen LogP contribution in [0.25, 0.3) is 0 Å². The number of benzene rings is 1. The van der Waals surface area contributed by atoms with E-state index in [0.29, 0.717) is 16.9 Å². The Bertz CT molecular complexity index is 429. The average Bonchev–Trinajstić information content (AvgIpc) is 3.12. The molecule has 1 fully saturated rings. The summed E-state index contributed by atoms with van der Waals surface area (Å²) in [6, 6.07) is 5.80. The van der Waals surface area contributed by atoms with Gasteiger partial charge in [0.1, 0.15) is 0 Å². The van der Waals surface area contributed by atoms with E-state index in [0.717, 1.165) is 16.0 Å². The van der Waals surface area contributed by atoms with Crippen LogP contribution in [0.1, 0.15) is 28.8 Å². The van der Waals surface area contributed by atoms with Gasteiger partial charge in [-0.3, -0.25) is 4.79 Å². The van der Waals surface area contributed by atoms with Gasteiger partial charge in [0.15, 0.2) is 0 Å². The van der Waals surface area contributed by atoms with Crippen LogP contribution in [0.2, 0.25) is 0 Å². The van der Waals surface area contributed by atoms with Gasteiger partial charge in [0.05, 0.1) is 5.56 Å². The van der Waals surface area contributed by atoms with Gasteiger partial charge >= 0.3 is 0 Å². The molecule has 0 heterocycles. The van der Waals surface area contributed by atoms with E-state index in [-0.39, 0.29) is 5.91 Å². The zero-order valence-corrected chi connectivity index (χ0v) is 12.8. The maximum Gasteiger partial charge on any atom is 0.252 e. The molecule has 1 aliphatic rings. The molecule has 0 radical (unpaired) electrons. The number of alkyl halides is 1. The number of carbonyl (C=O) groups excluding carboxylic acids is 1. The summed E-state index contributed by atoms with van der Waals surface area (Å²) in [6.07, 6.45) is 2.56. The molecule has 4 heteroatoms. The number of amides is 1. The quantitative estimate of drug-likeness (QED) is 0.815. The van der Waals surface area contributed by atoms with Crippen molar-refractivity contribution >= 4 is 37.8 Å². The Morgan fingerprint density at radius 2 is 2.24 bits per heavy atom. The topological polar surface area (TPSA) is 29.1 Å². The molecule has 17 heavy (non-hydrogen) atoms. The molecular formula is C13H15Br2NO. The molecule has 2 rings (SSSR count). The Hall–Kier alpha value is -0.350. The highest BCUT2D eigenvalue weighted by atomic mass is 79.9. The van der Waals surface area contributed by atoms with Crippen LogP contribution in [0, 0.1) is 12.8 Å². The van der Waals surface area contributed by atoms with Crippen molar-refractivity contribution in [1.82, 2.24) is 5.32 Å². The first-order valence-corrected chi connectivity index (χ1v) is 7.47. The predicted molar refractivity (Wildman–Crippen MR) is 76.7 cm³/mol. The van der Waals surface area contributed by atoms with Gasteiger partial charge in [-0.25, -0.2) is 0 Å². The van der Waals surface area contributed by atoms with Crippen molar-refractivity contribution in [3.8, 4) is 0 Å². The summed E-state index contributed by atoms with van der Waals surface area (Å²) >= 11 is 7.02. The van der Waals surface area contributed by atoms with Gasteiger partial charge in [-0.05, 0) is 53.7 Å². The van der Waals surface area contributed by atoms with Crippen LogP contribution in [-0.4, -0.2) is 17.3 Å². The first kappa shape index (κ1) is 13.1. The Kier molecular flexibility index (Phi) is 4.26. The van der Waals surface area contributed by atoms with Crippen molar-refractivity contribution in [2.24, 2.45) is 5.92 Å². The number of carbonyl (C=O) groups is 1. The molecule has 92 valence electrons. The summed E-state index contributed by atoms with van der Waals surface area (Å²) in [6.45, 7) is 2.69. The fourth-order valence-corrected chi connectivity index (χ4v) is 2.84. The lowest BCUT2D eigenvalue weighted by molar-refractivity contribution is 0.0952. The molecule has 1 unspecified atom stereocenters. The second-order valence-corrected chi connectivity index (χ2v) is 6.58. The lowest BCUT2D eigenvalue weighted by atomic mass is 10.1. The van der Waals surface area contributed by atoms with Gasteiger partial charge in [0.2, 0.25) is 0 Å². The molecule has 0 saturated heterocycles. The van der Waals surface area contributed by atoms with E-state index in [2.05, 4.69) is 37.2 Å². The van der Waals surface area contributed by atoms with Crippen LogP contribution in [0.15, 0.2) is 22.7 Å². The second kappa shape index (κ2) is 5.53. The van der Waals surface area contributed by atoms with Crippen molar-refractivity contribution in [3.63, 3.8) is 0 Å². The standard InChI is InChI=1S/C13H15Br2NO/c1-8-2-5-11(14)10(6-8)13(17)16-7-12(15)9-3-4-9/h2,5-6,9,12H,3-4,7H2,1H3,(H,16,17). The van der Waals surface area contributed by atoms with Crippen LogP contribution in [0.4, 0.5) is 0 Å². The number of hydrogen-bond donors (Lipinski definition) is 1. The minimum absolute atomic E-state index is 0.00863. The molecule has 1 N–H and O–H groups in total. The van der Waals surface area contributed by atoms with Crippen molar-refractivity contribution in [2.45, 2.75) is 24.6 Å². The third-order valence-electron chi connectivity index (χ3n) is 2.96. The number of hydrogen-bond acceptors (Lipinski definition) is 1. The highest BCUT2D eigenvalue weighted by Gasteiger charge is 2.29. The fraction of sp³-hybridized carbons (Fsp3) is 0.462. The van der Waals surface area contributed by atoms with E-state index in [4.69, 9.17) is 0 Å². The summed E-state index contributed by atoms with van der Waals surface area (Å²) in [5, 5.41) is 2.97. The molecule has 0 aromatic heterocycles. The van der Waals surface area contributed by atoms with Crippen molar-refractivity contribution in [2.75, 3.05) is 6.54 Å². The van der Waals surface area contributed by atoms with Gasteiger partial charge in [0.25, 0.3) is 5.91 Å². The van der Waals surface area contributed by atoms with E-state index >= 15 is 0 Å². The second-order valence-electron chi connectivity index (χ2n) is 4.55. The van der Waals surface area contributed by atoms with Crippen molar-refractivity contribution in [1.29, 1.82) is 0 Å². The smallest absolute Gasteiger partial charge is 0.252 e. The van der Waals surface area contributed by atoms with E-state index in [1.807, 2.05) is 25.1 Å². The van der Waals surface area contributed by atoms with E-state index in [1.54, 1.807) is 0 Å². The zero-order chi connectivity index (χ0) is 12.4. The molecule has 2 nitrogen and oxygen atoms in total. The Balaban J connectivity index is 1.96. The predicted octanol–water partition coefficient (Wildman–Crippen LogP) is 3.66. The molecule has 1 atom stereocenters. The zero-order valence-electron chi connectivity index (χ0n) is 9.67. The SMILES string of the molecule is Cc1ccc(Br)c(C(=O)NCC(Br)C2CC2)c1. The number of rotatable bonds is 4. The van der Waals surface area contributed by atoms with Gasteiger partial charge < -0.3 is 5.32 Å². The van der Waals surface area contributed by atoms with Crippen LogP contribution in [0.5, 0.6) is 0 Å². The molecule has 1 aliphatic carbocycles. The molecular weight excluding hydrogens is 346 g/mol. The minimum Gasteiger partial charge on any atom is -0.351 e. The lowest BCUT2D eigenvalue weighted by Crippen LogP contribution is -2.30. The number of halogens is 2. The summed E-state index contributed by atoms with van der Waals surface area (Å²) in [7, 11) is 0. The maximum absolute atomic E-state index is 12.0. The normalized spacial score (nSPS) is 16.6. The molecule has 0 spiro atoms. The highest BCUT2D eigenvalue weighted by Crippen LogP contribution is 2.36. The molecule has 1 aromatic carbocycles.